The number of carbonyl (C=O) groups is 1. The summed E-state index contributed by atoms with van der Waals surface area (Å²) in [6.45, 7) is 3.52. The van der Waals surface area contributed by atoms with Gasteiger partial charge in [-0.15, -0.1) is 0 Å². The number of anilines is 1. The lowest BCUT2D eigenvalue weighted by Crippen LogP contribution is -2.49. The summed E-state index contributed by atoms with van der Waals surface area (Å²) in [6.07, 6.45) is 2.63. The first-order valence-electron chi connectivity index (χ1n) is 7.16. The Morgan fingerprint density at radius 1 is 1.25 bits per heavy atom. The molecule has 0 spiro atoms. The van der Waals surface area contributed by atoms with Crippen molar-refractivity contribution in [3.63, 3.8) is 0 Å². The zero-order valence-corrected chi connectivity index (χ0v) is 11.8. The van der Waals surface area contributed by atoms with Crippen LogP contribution in [-0.2, 0) is 0 Å². The third-order valence-electron chi connectivity index (χ3n) is 4.14. The zero-order valence-electron chi connectivity index (χ0n) is 11.8. The van der Waals surface area contributed by atoms with Gasteiger partial charge in [-0.1, -0.05) is 6.07 Å². The van der Waals surface area contributed by atoms with Gasteiger partial charge in [-0.05, 0) is 25.0 Å². The molecule has 5 heteroatoms. The molecule has 1 aliphatic carbocycles. The van der Waals surface area contributed by atoms with Crippen molar-refractivity contribution in [2.75, 3.05) is 39.0 Å². The molecule has 5 nitrogen and oxygen atoms in total. The molecule has 1 aromatic rings. The van der Waals surface area contributed by atoms with Crippen LogP contribution in [0, 0.1) is 0 Å². The van der Waals surface area contributed by atoms with Crippen LogP contribution in [0.3, 0.4) is 0 Å². The van der Waals surface area contributed by atoms with E-state index < -0.39 is 0 Å². The molecule has 0 unspecified atom stereocenters. The lowest BCUT2D eigenvalue weighted by atomic mass is 10.1. The minimum atomic E-state index is 0.0181. The van der Waals surface area contributed by atoms with Gasteiger partial charge in [-0.25, -0.2) is 0 Å². The van der Waals surface area contributed by atoms with Crippen molar-refractivity contribution >= 4 is 11.6 Å². The summed E-state index contributed by atoms with van der Waals surface area (Å²) in [6, 6.07) is 6.10. The zero-order chi connectivity index (χ0) is 14.1. The minimum Gasteiger partial charge on any atom is -0.494 e. The van der Waals surface area contributed by atoms with Crippen LogP contribution >= 0.6 is 0 Å². The minimum absolute atomic E-state index is 0.0181. The van der Waals surface area contributed by atoms with Crippen molar-refractivity contribution < 1.29 is 9.53 Å². The number of nitrogen functional groups attached to an aromatic ring is 1. The van der Waals surface area contributed by atoms with Gasteiger partial charge in [0.05, 0.1) is 18.4 Å². The van der Waals surface area contributed by atoms with Gasteiger partial charge >= 0.3 is 0 Å². The molecule has 0 radical (unpaired) electrons. The topological polar surface area (TPSA) is 58.8 Å². The Kier molecular flexibility index (Phi) is 3.53. The number of nitrogens with two attached hydrogens (primary N) is 1. The maximum absolute atomic E-state index is 12.6. The lowest BCUT2D eigenvalue weighted by Gasteiger charge is -2.35. The number of carbonyl (C=O) groups excluding carboxylic acids is 1. The maximum atomic E-state index is 12.6. The summed E-state index contributed by atoms with van der Waals surface area (Å²) in [7, 11) is 1.55. The van der Waals surface area contributed by atoms with Crippen molar-refractivity contribution in [3.8, 4) is 5.75 Å². The van der Waals surface area contributed by atoms with E-state index in [0.717, 1.165) is 32.2 Å². The van der Waals surface area contributed by atoms with Gasteiger partial charge in [-0.3, -0.25) is 9.69 Å². The third-order valence-corrected chi connectivity index (χ3v) is 4.14. The van der Waals surface area contributed by atoms with E-state index in [2.05, 4.69) is 4.90 Å². The number of nitrogens with zero attached hydrogens (tertiary/aromatic N) is 2. The number of methoxy groups -OCH3 is 1. The molecular weight excluding hydrogens is 254 g/mol. The largest absolute Gasteiger partial charge is 0.494 e. The Hall–Kier alpha value is -1.75. The summed E-state index contributed by atoms with van der Waals surface area (Å²) in [5.74, 6) is 0.506. The molecule has 2 fully saturated rings. The molecule has 0 atom stereocenters. The van der Waals surface area contributed by atoms with Crippen LogP contribution in [-0.4, -0.2) is 55.0 Å². The predicted molar refractivity (Wildman–Crippen MR) is 77.9 cm³/mol. The van der Waals surface area contributed by atoms with E-state index in [9.17, 15) is 4.79 Å². The second-order valence-electron chi connectivity index (χ2n) is 5.49. The number of piperazine rings is 1. The predicted octanol–water partition coefficient (Wildman–Crippen LogP) is 1.20. The van der Waals surface area contributed by atoms with Gasteiger partial charge in [0.25, 0.3) is 5.91 Å². The molecule has 2 aliphatic rings. The van der Waals surface area contributed by atoms with Crippen LogP contribution in [0.1, 0.15) is 23.2 Å². The quantitative estimate of drug-likeness (QED) is 0.842. The van der Waals surface area contributed by atoms with Crippen molar-refractivity contribution in [2.45, 2.75) is 18.9 Å². The molecular formula is C15H21N3O2. The van der Waals surface area contributed by atoms with Gasteiger partial charge in [-0.2, -0.15) is 0 Å². The maximum Gasteiger partial charge on any atom is 0.257 e. The van der Waals surface area contributed by atoms with Crippen molar-refractivity contribution in [3.05, 3.63) is 23.8 Å². The van der Waals surface area contributed by atoms with Gasteiger partial charge in [0.15, 0.2) is 5.75 Å². The van der Waals surface area contributed by atoms with Crippen LogP contribution in [0.2, 0.25) is 0 Å². The second kappa shape index (κ2) is 5.32. The fourth-order valence-electron chi connectivity index (χ4n) is 2.85. The van der Waals surface area contributed by atoms with E-state index >= 15 is 0 Å². The van der Waals surface area contributed by atoms with Gasteiger partial charge < -0.3 is 15.4 Å². The SMILES string of the molecule is COc1c(N)cccc1C(=O)N1CCN(C2CC2)CC1. The van der Waals surface area contributed by atoms with E-state index in [1.54, 1.807) is 25.3 Å². The molecule has 108 valence electrons. The summed E-state index contributed by atoms with van der Waals surface area (Å²) >= 11 is 0. The van der Waals surface area contributed by atoms with Crippen LogP contribution in [0.25, 0.3) is 0 Å². The second-order valence-corrected chi connectivity index (χ2v) is 5.49. The highest BCUT2D eigenvalue weighted by Gasteiger charge is 2.33. The summed E-state index contributed by atoms with van der Waals surface area (Å²) in [5, 5.41) is 0. The lowest BCUT2D eigenvalue weighted by molar-refractivity contribution is 0.0624. The van der Waals surface area contributed by atoms with Gasteiger partial charge in [0.2, 0.25) is 0 Å². The molecule has 3 rings (SSSR count). The highest BCUT2D eigenvalue weighted by atomic mass is 16.5. The average Bonchev–Trinajstić information content (AvgIpc) is 3.31. The first kappa shape index (κ1) is 13.2. The summed E-state index contributed by atoms with van der Waals surface area (Å²) in [5.41, 5.74) is 6.94. The molecule has 1 aromatic carbocycles. The Bertz CT molecular complexity index is 506. The van der Waals surface area contributed by atoms with Gasteiger partial charge in [0, 0.05) is 32.2 Å². The number of amides is 1. The number of benzene rings is 1. The highest BCUT2D eigenvalue weighted by molar-refractivity contribution is 5.98. The molecule has 0 aromatic heterocycles. The van der Waals surface area contributed by atoms with Crippen LogP contribution < -0.4 is 10.5 Å². The third kappa shape index (κ3) is 2.45. The van der Waals surface area contributed by atoms with Crippen LogP contribution in [0.15, 0.2) is 18.2 Å². The Morgan fingerprint density at radius 2 is 1.95 bits per heavy atom. The van der Waals surface area contributed by atoms with E-state index in [1.165, 1.54) is 12.8 Å². The van der Waals surface area contributed by atoms with Gasteiger partial charge in [0.1, 0.15) is 0 Å². The highest BCUT2D eigenvalue weighted by Crippen LogP contribution is 2.29. The Balaban J connectivity index is 1.71. The van der Waals surface area contributed by atoms with Crippen molar-refractivity contribution in [1.82, 2.24) is 9.80 Å². The molecule has 1 heterocycles. The Labute approximate surface area is 119 Å². The van der Waals surface area contributed by atoms with Crippen molar-refractivity contribution in [2.24, 2.45) is 0 Å². The van der Waals surface area contributed by atoms with Crippen molar-refractivity contribution in [1.29, 1.82) is 0 Å². The molecule has 20 heavy (non-hydrogen) atoms. The first-order valence-corrected chi connectivity index (χ1v) is 7.16. The molecule has 1 aliphatic heterocycles. The normalized spacial score (nSPS) is 19.9. The monoisotopic (exact) mass is 275 g/mol. The first-order chi connectivity index (χ1) is 9.70. The smallest absolute Gasteiger partial charge is 0.257 e. The van der Waals surface area contributed by atoms with E-state index in [0.29, 0.717) is 17.0 Å². The fraction of sp³-hybridized carbons (Fsp3) is 0.533. The Morgan fingerprint density at radius 3 is 2.55 bits per heavy atom. The van der Waals surface area contributed by atoms with E-state index in [-0.39, 0.29) is 5.91 Å². The number of para-hydroxylation sites is 1. The number of ether oxygens (including phenoxy) is 1. The number of hydrogen-bond acceptors (Lipinski definition) is 4. The molecule has 1 saturated carbocycles. The average molecular weight is 275 g/mol. The molecule has 2 N–H and O–H groups in total. The van der Waals surface area contributed by atoms with Crippen LogP contribution in [0.5, 0.6) is 5.75 Å². The molecule has 1 saturated heterocycles. The van der Waals surface area contributed by atoms with Crippen LogP contribution in [0.4, 0.5) is 5.69 Å². The summed E-state index contributed by atoms with van der Waals surface area (Å²) < 4.78 is 5.27. The standard InChI is InChI=1S/C15H21N3O2/c1-20-14-12(3-2-4-13(14)16)15(19)18-9-7-17(8-10-18)11-5-6-11/h2-4,11H,5-10,16H2,1H3. The molecule has 0 bridgehead atoms. The fourth-order valence-corrected chi connectivity index (χ4v) is 2.85. The molecule has 1 amide bonds. The van der Waals surface area contributed by atoms with E-state index in [4.69, 9.17) is 10.5 Å². The number of rotatable bonds is 3. The number of hydrogen-bond donors (Lipinski definition) is 1. The van der Waals surface area contributed by atoms with E-state index in [1.807, 2.05) is 4.90 Å². The summed E-state index contributed by atoms with van der Waals surface area (Å²) in [4.78, 5) is 17.0.